The van der Waals surface area contributed by atoms with E-state index in [0.717, 1.165) is 6.20 Å². The Morgan fingerprint density at radius 2 is 1.61 bits per heavy atom. The van der Waals surface area contributed by atoms with E-state index in [1.165, 1.54) is 6.07 Å². The Morgan fingerprint density at radius 1 is 0.932 bits per heavy atom. The van der Waals surface area contributed by atoms with Crippen molar-refractivity contribution in [2.75, 3.05) is 31.6 Å². The van der Waals surface area contributed by atoms with E-state index in [-0.39, 0.29) is 48.4 Å². The lowest BCUT2D eigenvalue weighted by atomic mass is 10.1. The number of aryl methyl sites for hydroxylation is 1. The van der Waals surface area contributed by atoms with Crippen LogP contribution in [0.15, 0.2) is 48.3 Å². The Labute approximate surface area is 258 Å². The number of halogens is 1. The fourth-order valence-corrected chi connectivity index (χ4v) is 3.64. The van der Waals surface area contributed by atoms with Gasteiger partial charge in [0, 0.05) is 23.9 Å². The highest BCUT2D eigenvalue weighted by molar-refractivity contribution is 6.29. The van der Waals surface area contributed by atoms with Gasteiger partial charge in [0.05, 0.1) is 26.3 Å². The van der Waals surface area contributed by atoms with Crippen LogP contribution in [0, 0.1) is 6.92 Å². The summed E-state index contributed by atoms with van der Waals surface area (Å²) in [5, 5.41) is 12.4. The molecule has 1 aromatic heterocycles. The summed E-state index contributed by atoms with van der Waals surface area (Å²) < 4.78 is 9.76. The molecule has 0 aliphatic rings. The molecule has 15 nitrogen and oxygen atoms in total. The van der Waals surface area contributed by atoms with Crippen molar-refractivity contribution in [1.82, 2.24) is 31.2 Å². The molecule has 0 bridgehead atoms. The maximum atomic E-state index is 12.9. The molecule has 16 heteroatoms. The molecule has 0 unspecified atom stereocenters. The van der Waals surface area contributed by atoms with E-state index in [1.54, 1.807) is 51.1 Å². The molecule has 1 heterocycles. The largest absolute Gasteiger partial charge is 0.466 e. The van der Waals surface area contributed by atoms with Gasteiger partial charge >= 0.3 is 11.9 Å². The molecule has 236 valence electrons. The van der Waals surface area contributed by atoms with E-state index in [1.807, 2.05) is 0 Å². The third kappa shape index (κ3) is 12.9. The van der Waals surface area contributed by atoms with E-state index >= 15 is 0 Å². The molecular weight excluding hydrogens is 598 g/mol. The van der Waals surface area contributed by atoms with Crippen LogP contribution in [0.1, 0.15) is 42.7 Å². The lowest BCUT2D eigenvalue weighted by molar-refractivity contribution is -0.148. The number of esters is 2. The predicted octanol–water partition coefficient (Wildman–Crippen LogP) is 0.745. The second-order valence-electron chi connectivity index (χ2n) is 8.85. The topological polar surface area (TPSA) is 207 Å². The Bertz CT molecular complexity index is 1350. The van der Waals surface area contributed by atoms with Crippen LogP contribution in [0.3, 0.4) is 0 Å². The number of nitrogens with zero attached hydrogens (tertiary/aromatic N) is 2. The molecular formula is C28H34ClN7O8. The molecule has 0 fully saturated rings. The minimum atomic E-state index is -1.14. The van der Waals surface area contributed by atoms with Crippen molar-refractivity contribution in [2.24, 2.45) is 0 Å². The van der Waals surface area contributed by atoms with Crippen molar-refractivity contribution in [2.45, 2.75) is 39.7 Å². The minimum Gasteiger partial charge on any atom is -0.466 e. The Morgan fingerprint density at radius 3 is 2.27 bits per heavy atom. The van der Waals surface area contributed by atoms with Gasteiger partial charge in [0.15, 0.2) is 0 Å². The van der Waals surface area contributed by atoms with Gasteiger partial charge in [-0.2, -0.15) is 0 Å². The number of anilines is 1. The van der Waals surface area contributed by atoms with Gasteiger partial charge in [0.1, 0.15) is 16.9 Å². The molecule has 0 aliphatic heterocycles. The first-order valence-corrected chi connectivity index (χ1v) is 13.9. The van der Waals surface area contributed by atoms with Crippen LogP contribution in [-0.2, 0) is 33.4 Å². The van der Waals surface area contributed by atoms with Gasteiger partial charge in [-0.15, -0.1) is 0 Å². The summed E-state index contributed by atoms with van der Waals surface area (Å²) in [6.45, 7) is 4.04. The van der Waals surface area contributed by atoms with Crippen LogP contribution in [0.4, 0.5) is 5.95 Å². The van der Waals surface area contributed by atoms with Crippen LogP contribution < -0.4 is 26.6 Å². The molecule has 0 saturated carbocycles. The van der Waals surface area contributed by atoms with Crippen molar-refractivity contribution < 1.29 is 38.2 Å². The average molecular weight is 632 g/mol. The normalized spacial score (nSPS) is 11.4. The Balaban J connectivity index is 1.98. The molecule has 2 aromatic rings. The zero-order valence-electron chi connectivity index (χ0n) is 24.4. The number of carbonyl (C=O) groups is 6. The lowest BCUT2D eigenvalue weighted by Gasteiger charge is -2.17. The Hall–Kier alpha value is -5.05. The summed E-state index contributed by atoms with van der Waals surface area (Å²) in [6, 6.07) is 8.50. The number of aromatic nitrogens is 2. The zero-order valence-corrected chi connectivity index (χ0v) is 25.2. The van der Waals surface area contributed by atoms with Crippen LogP contribution in [0.2, 0.25) is 5.15 Å². The number of nitrogens with one attached hydrogen (secondary N) is 5. The lowest BCUT2D eigenvalue weighted by Crippen LogP contribution is -2.48. The summed E-state index contributed by atoms with van der Waals surface area (Å²) in [6.07, 6.45) is 0.939. The second-order valence-corrected chi connectivity index (χ2v) is 9.24. The fourth-order valence-electron chi connectivity index (χ4n) is 3.40. The van der Waals surface area contributed by atoms with E-state index in [9.17, 15) is 28.8 Å². The van der Waals surface area contributed by atoms with Crippen molar-refractivity contribution in [3.63, 3.8) is 0 Å². The summed E-state index contributed by atoms with van der Waals surface area (Å²) in [4.78, 5) is 82.3. The molecule has 4 amide bonds. The number of benzene rings is 1. The zero-order chi connectivity index (χ0) is 32.5. The van der Waals surface area contributed by atoms with Crippen LogP contribution in [0.25, 0.3) is 0 Å². The van der Waals surface area contributed by atoms with Crippen LogP contribution >= 0.6 is 11.6 Å². The van der Waals surface area contributed by atoms with Gasteiger partial charge < -0.3 is 36.1 Å². The predicted molar refractivity (Wildman–Crippen MR) is 158 cm³/mol. The number of amides is 4. The van der Waals surface area contributed by atoms with E-state index in [0.29, 0.717) is 5.69 Å². The quantitative estimate of drug-likeness (QED) is 0.0992. The maximum Gasteiger partial charge on any atom is 0.328 e. The summed E-state index contributed by atoms with van der Waals surface area (Å²) >= 11 is 5.95. The van der Waals surface area contributed by atoms with Crippen molar-refractivity contribution >= 4 is 53.1 Å². The highest BCUT2D eigenvalue weighted by Crippen LogP contribution is 2.10. The highest BCUT2D eigenvalue weighted by Gasteiger charge is 2.24. The fraction of sp³-hybridized carbons (Fsp3) is 0.357. The molecule has 44 heavy (non-hydrogen) atoms. The van der Waals surface area contributed by atoms with Gasteiger partial charge in [-0.1, -0.05) is 29.8 Å². The molecule has 5 N–H and O–H groups in total. The maximum absolute atomic E-state index is 12.9. The second kappa shape index (κ2) is 18.5. The molecule has 1 atom stereocenters. The smallest absolute Gasteiger partial charge is 0.328 e. The molecule has 1 aromatic carbocycles. The summed E-state index contributed by atoms with van der Waals surface area (Å²) in [7, 11) is 0. The number of hydrogen-bond donors (Lipinski definition) is 5. The molecule has 0 spiro atoms. The van der Waals surface area contributed by atoms with Crippen molar-refractivity contribution in [3.05, 3.63) is 64.7 Å². The molecule has 2 rings (SSSR count). The first kappa shape index (κ1) is 35.1. The third-order valence-electron chi connectivity index (χ3n) is 5.40. The van der Waals surface area contributed by atoms with E-state index in [4.69, 9.17) is 21.1 Å². The Kier molecular flexibility index (Phi) is 14.8. The number of rotatable bonds is 16. The number of carbonyl (C=O) groups excluding carboxylic acids is 6. The highest BCUT2D eigenvalue weighted by atomic mass is 35.5. The number of ether oxygens (including phenoxy) is 2. The molecule has 0 radical (unpaired) electrons. The molecule has 0 aliphatic carbocycles. The van der Waals surface area contributed by atoms with E-state index in [2.05, 4.69) is 36.6 Å². The van der Waals surface area contributed by atoms with Gasteiger partial charge in [0.25, 0.3) is 11.8 Å². The van der Waals surface area contributed by atoms with Gasteiger partial charge in [0.2, 0.25) is 17.8 Å². The number of hydrogen-bond acceptors (Lipinski definition) is 11. The monoisotopic (exact) mass is 631 g/mol. The average Bonchev–Trinajstić information content (AvgIpc) is 2.99. The standard InChI is InChI=1S/C28H34ClN7O8/c1-4-43-24(39)12-11-19(27(42)44-5-2)34-23(38)16-30-22(37)15-31-26(41)20(35-25(40)18-9-7-6-8-10-18)14-32-28-33-17(3)13-21(29)36-28/h6-10,13-14,19H,4-5,11-12,15-16H2,1-3H3,(H,30,37)(H,31,41)(H,34,38)(H,35,40)(H,32,33,36)/b20-14-/t19-/m0/s1. The van der Waals surface area contributed by atoms with Gasteiger partial charge in [-0.3, -0.25) is 24.0 Å². The van der Waals surface area contributed by atoms with Crippen LogP contribution in [-0.4, -0.2) is 77.9 Å². The summed E-state index contributed by atoms with van der Waals surface area (Å²) in [5.74, 6) is -4.15. The SMILES string of the molecule is CCOC(=O)CC[C@H](NC(=O)CNC(=O)CNC(=O)/C(=C/Nc1nc(C)cc(Cl)n1)NC(=O)c1ccccc1)C(=O)OCC. The first-order chi connectivity index (χ1) is 21.0. The van der Waals surface area contributed by atoms with E-state index < -0.39 is 54.7 Å². The first-order valence-electron chi connectivity index (χ1n) is 13.5. The van der Waals surface area contributed by atoms with Crippen LogP contribution in [0.5, 0.6) is 0 Å². The van der Waals surface area contributed by atoms with Crippen molar-refractivity contribution in [1.29, 1.82) is 0 Å². The summed E-state index contributed by atoms with van der Waals surface area (Å²) in [5.41, 5.74) is 0.547. The van der Waals surface area contributed by atoms with Gasteiger partial charge in [-0.05, 0) is 45.4 Å². The molecule has 0 saturated heterocycles. The minimum absolute atomic E-state index is 0.0568. The third-order valence-corrected chi connectivity index (χ3v) is 5.60. The van der Waals surface area contributed by atoms with Gasteiger partial charge in [-0.25, -0.2) is 14.8 Å². The van der Waals surface area contributed by atoms with Crippen molar-refractivity contribution in [3.8, 4) is 0 Å².